The van der Waals surface area contributed by atoms with Crippen LogP contribution in [0.15, 0.2) is 41.4 Å². The summed E-state index contributed by atoms with van der Waals surface area (Å²) in [6.07, 6.45) is 5.19. The highest BCUT2D eigenvalue weighted by Gasteiger charge is 2.58. The van der Waals surface area contributed by atoms with Crippen molar-refractivity contribution in [2.24, 2.45) is 28.7 Å². The lowest BCUT2D eigenvalue weighted by atomic mass is 9.85. The number of aliphatic imine (C=N–C) groups is 1. The Morgan fingerprint density at radius 1 is 1.14 bits per heavy atom. The number of benzene rings is 1. The van der Waals surface area contributed by atoms with Crippen molar-refractivity contribution < 1.29 is 14.3 Å². The van der Waals surface area contributed by atoms with E-state index in [2.05, 4.69) is 33.8 Å². The van der Waals surface area contributed by atoms with Gasteiger partial charge in [0.2, 0.25) is 11.8 Å². The smallest absolute Gasteiger partial charge is 0.233 e. The fourth-order valence-electron chi connectivity index (χ4n) is 4.87. The molecule has 7 nitrogen and oxygen atoms in total. The number of hydrogen-bond acceptors (Lipinski definition) is 4. The van der Waals surface area contributed by atoms with Gasteiger partial charge >= 0.3 is 0 Å². The molecule has 0 radical (unpaired) electrons. The van der Waals surface area contributed by atoms with E-state index in [1.165, 1.54) is 4.90 Å². The molecule has 4 rings (SSSR count). The van der Waals surface area contributed by atoms with E-state index < -0.39 is 0 Å². The van der Waals surface area contributed by atoms with Crippen LogP contribution < -0.4 is 10.6 Å². The van der Waals surface area contributed by atoms with E-state index in [9.17, 15) is 9.59 Å². The molecule has 29 heavy (non-hydrogen) atoms. The van der Waals surface area contributed by atoms with Gasteiger partial charge in [0.05, 0.1) is 18.4 Å². The molecule has 1 heterocycles. The highest BCUT2D eigenvalue weighted by molar-refractivity contribution is 6.06. The van der Waals surface area contributed by atoms with Crippen LogP contribution in [0.25, 0.3) is 0 Å². The molecule has 2 N–H and O–H groups in total. The highest BCUT2D eigenvalue weighted by Crippen LogP contribution is 2.52. The molecule has 2 bridgehead atoms. The molecule has 3 aliphatic rings. The predicted molar refractivity (Wildman–Crippen MR) is 110 cm³/mol. The van der Waals surface area contributed by atoms with Crippen molar-refractivity contribution in [3.8, 4) is 0 Å². The van der Waals surface area contributed by atoms with Gasteiger partial charge in [-0.15, -0.1) is 0 Å². The van der Waals surface area contributed by atoms with Crippen LogP contribution in [0.5, 0.6) is 0 Å². The van der Waals surface area contributed by atoms with Gasteiger partial charge in [0.25, 0.3) is 0 Å². The fourth-order valence-corrected chi connectivity index (χ4v) is 4.87. The second-order valence-corrected chi connectivity index (χ2v) is 7.93. The fraction of sp³-hybridized carbons (Fsp3) is 0.500. The third-order valence-corrected chi connectivity index (χ3v) is 6.18. The number of imide groups is 1. The summed E-state index contributed by atoms with van der Waals surface area (Å²) in [5.74, 6) is 0.880. The number of allylic oxidation sites excluding steroid dienone is 2. The molecule has 1 saturated carbocycles. The lowest BCUT2D eigenvalue weighted by molar-refractivity contribution is -0.140. The summed E-state index contributed by atoms with van der Waals surface area (Å²) in [7, 11) is 3.39. The molecule has 2 amide bonds. The maximum Gasteiger partial charge on any atom is 0.233 e. The first-order valence-corrected chi connectivity index (χ1v) is 10.2. The number of likely N-dealkylation sites (tertiary alicyclic amines) is 1. The van der Waals surface area contributed by atoms with E-state index in [0.29, 0.717) is 32.2 Å². The zero-order valence-corrected chi connectivity index (χ0v) is 16.9. The minimum absolute atomic E-state index is 0.00319. The highest BCUT2D eigenvalue weighted by atomic mass is 16.5. The molecule has 1 saturated heterocycles. The molecular weight excluding hydrogens is 368 g/mol. The van der Waals surface area contributed by atoms with Gasteiger partial charge in [-0.2, -0.15) is 0 Å². The SMILES string of the molecule is CN=C(NCCN1C(=O)C2C3C=CC(C3)C2C1=O)NCc1cccc(COC)c1. The minimum Gasteiger partial charge on any atom is -0.380 e. The molecule has 154 valence electrons. The first-order chi connectivity index (χ1) is 14.1. The van der Waals surface area contributed by atoms with Gasteiger partial charge in [-0.1, -0.05) is 36.4 Å². The average molecular weight is 396 g/mol. The van der Waals surface area contributed by atoms with Gasteiger partial charge in [0.1, 0.15) is 0 Å². The number of nitrogens with zero attached hydrogens (tertiary/aromatic N) is 2. The second-order valence-electron chi connectivity index (χ2n) is 7.93. The Morgan fingerprint density at radius 3 is 2.48 bits per heavy atom. The molecule has 0 aromatic heterocycles. The number of fused-ring (bicyclic) bond motifs is 5. The summed E-state index contributed by atoms with van der Waals surface area (Å²) in [6, 6.07) is 8.17. The maximum absolute atomic E-state index is 12.7. The Kier molecular flexibility index (Phi) is 5.67. The Bertz CT molecular complexity index is 820. The average Bonchev–Trinajstić information content (AvgIpc) is 3.40. The van der Waals surface area contributed by atoms with Gasteiger partial charge in [-0.3, -0.25) is 19.5 Å². The largest absolute Gasteiger partial charge is 0.380 e. The van der Waals surface area contributed by atoms with Gasteiger partial charge in [0.15, 0.2) is 5.96 Å². The van der Waals surface area contributed by atoms with E-state index in [0.717, 1.165) is 17.5 Å². The molecule has 1 aliphatic heterocycles. The van der Waals surface area contributed by atoms with E-state index in [1.807, 2.05) is 18.2 Å². The Balaban J connectivity index is 1.26. The monoisotopic (exact) mass is 396 g/mol. The summed E-state index contributed by atoms with van der Waals surface area (Å²) in [4.78, 5) is 31.1. The van der Waals surface area contributed by atoms with Crippen molar-refractivity contribution in [2.75, 3.05) is 27.2 Å². The summed E-state index contributed by atoms with van der Waals surface area (Å²) in [5.41, 5.74) is 2.25. The van der Waals surface area contributed by atoms with Crippen LogP contribution in [0.4, 0.5) is 0 Å². The van der Waals surface area contributed by atoms with Crippen molar-refractivity contribution >= 4 is 17.8 Å². The van der Waals surface area contributed by atoms with Crippen LogP contribution in [-0.2, 0) is 27.5 Å². The predicted octanol–water partition coefficient (Wildman–Crippen LogP) is 1.31. The quantitative estimate of drug-likeness (QED) is 0.314. The Labute approximate surface area is 171 Å². The van der Waals surface area contributed by atoms with E-state index >= 15 is 0 Å². The van der Waals surface area contributed by atoms with E-state index in [1.54, 1.807) is 14.2 Å². The van der Waals surface area contributed by atoms with Gasteiger partial charge < -0.3 is 15.4 Å². The van der Waals surface area contributed by atoms with Crippen molar-refractivity contribution in [3.63, 3.8) is 0 Å². The molecule has 1 aromatic carbocycles. The molecular formula is C22H28N4O3. The number of carbonyl (C=O) groups excluding carboxylic acids is 2. The first-order valence-electron chi connectivity index (χ1n) is 10.2. The third kappa shape index (κ3) is 3.79. The molecule has 4 atom stereocenters. The molecule has 2 aliphatic carbocycles. The van der Waals surface area contributed by atoms with Gasteiger partial charge in [0, 0.05) is 33.8 Å². The van der Waals surface area contributed by atoms with E-state index in [4.69, 9.17) is 4.74 Å². The normalized spacial score (nSPS) is 27.7. The van der Waals surface area contributed by atoms with Crippen LogP contribution in [0, 0.1) is 23.7 Å². The van der Waals surface area contributed by atoms with Crippen LogP contribution in [0.3, 0.4) is 0 Å². The minimum atomic E-state index is -0.130. The maximum atomic E-state index is 12.7. The van der Waals surface area contributed by atoms with Crippen LogP contribution >= 0.6 is 0 Å². The zero-order chi connectivity index (χ0) is 20.4. The molecule has 1 aromatic rings. The summed E-state index contributed by atoms with van der Waals surface area (Å²) < 4.78 is 5.17. The summed E-state index contributed by atoms with van der Waals surface area (Å²) >= 11 is 0. The van der Waals surface area contributed by atoms with Crippen LogP contribution in [0.1, 0.15) is 17.5 Å². The number of amides is 2. The van der Waals surface area contributed by atoms with Gasteiger partial charge in [-0.05, 0) is 29.4 Å². The van der Waals surface area contributed by atoms with Gasteiger partial charge in [-0.25, -0.2) is 0 Å². The van der Waals surface area contributed by atoms with Crippen molar-refractivity contribution in [1.29, 1.82) is 0 Å². The van der Waals surface area contributed by atoms with Crippen molar-refractivity contribution in [3.05, 3.63) is 47.5 Å². The third-order valence-electron chi connectivity index (χ3n) is 6.18. The number of guanidine groups is 1. The standard InChI is InChI=1S/C22H28N4O3/c1-23-22(25-12-14-4-3-5-15(10-14)13-29-2)24-8-9-26-20(27)18-16-6-7-17(11-16)19(18)21(26)28/h3-7,10,16-19H,8-9,11-13H2,1-2H3,(H2,23,24,25). The molecule has 2 fully saturated rings. The van der Waals surface area contributed by atoms with Crippen molar-refractivity contribution in [1.82, 2.24) is 15.5 Å². The summed E-state index contributed by atoms with van der Waals surface area (Å²) in [5, 5.41) is 6.47. The molecule has 0 spiro atoms. The Morgan fingerprint density at radius 2 is 1.83 bits per heavy atom. The lowest BCUT2D eigenvalue weighted by Crippen LogP contribution is -2.43. The Hall–Kier alpha value is -2.67. The number of ether oxygens (including phenoxy) is 1. The second kappa shape index (κ2) is 8.37. The topological polar surface area (TPSA) is 83.0 Å². The number of nitrogens with one attached hydrogen (secondary N) is 2. The van der Waals surface area contributed by atoms with Crippen molar-refractivity contribution in [2.45, 2.75) is 19.6 Å². The molecule has 4 unspecified atom stereocenters. The van der Waals surface area contributed by atoms with Crippen LogP contribution in [0.2, 0.25) is 0 Å². The number of methoxy groups -OCH3 is 1. The first kappa shape index (κ1) is 19.6. The summed E-state index contributed by atoms with van der Waals surface area (Å²) in [6.45, 7) is 2.05. The van der Waals surface area contributed by atoms with E-state index in [-0.39, 0.29) is 35.5 Å². The zero-order valence-electron chi connectivity index (χ0n) is 16.9. The number of rotatable bonds is 7. The molecule has 7 heteroatoms. The van der Waals surface area contributed by atoms with Crippen LogP contribution in [-0.4, -0.2) is 49.9 Å². The number of hydrogen-bond donors (Lipinski definition) is 2. The lowest BCUT2D eigenvalue weighted by Gasteiger charge is -2.18. The number of carbonyl (C=O) groups is 2.